The molecule has 9 nitrogen and oxygen atoms in total. The summed E-state index contributed by atoms with van der Waals surface area (Å²) in [5, 5.41) is 20.4. The highest BCUT2D eigenvalue weighted by Crippen LogP contribution is 2.31. The molecular formula is C14H18N2O7S. The molecule has 132 valence electrons. The Morgan fingerprint density at radius 1 is 1.42 bits per heavy atom. The van der Waals surface area contributed by atoms with Crippen LogP contribution >= 0.6 is 0 Å². The number of aliphatic carboxylic acids is 1. The first kappa shape index (κ1) is 18.3. The van der Waals surface area contributed by atoms with Crippen molar-refractivity contribution in [2.75, 3.05) is 19.7 Å². The molecule has 10 heteroatoms. The molecule has 1 fully saturated rings. The molecule has 0 saturated carbocycles. The molecule has 0 spiro atoms. The van der Waals surface area contributed by atoms with Gasteiger partial charge >= 0.3 is 5.97 Å². The summed E-state index contributed by atoms with van der Waals surface area (Å²) in [5.74, 6) is -1.11. The fourth-order valence-corrected chi connectivity index (χ4v) is 3.97. The predicted octanol–water partition coefficient (Wildman–Crippen LogP) is 1.10. The number of rotatable bonds is 5. The SMILES string of the molecule is CC(C)(C(=O)O)C1CN(S(=O)(=O)c2ccccc2[N+](=O)[O-])CCO1. The predicted molar refractivity (Wildman–Crippen MR) is 83.0 cm³/mol. The van der Waals surface area contributed by atoms with Crippen molar-refractivity contribution in [2.24, 2.45) is 5.41 Å². The minimum atomic E-state index is -4.14. The fourth-order valence-electron chi connectivity index (χ4n) is 2.38. The number of benzene rings is 1. The summed E-state index contributed by atoms with van der Waals surface area (Å²) in [7, 11) is -4.14. The molecule has 1 heterocycles. The average Bonchev–Trinajstić information content (AvgIpc) is 2.54. The Bertz CT molecular complexity index is 760. The second-order valence-electron chi connectivity index (χ2n) is 5.97. The van der Waals surface area contributed by atoms with E-state index in [2.05, 4.69) is 0 Å². The van der Waals surface area contributed by atoms with Gasteiger partial charge in [0.2, 0.25) is 10.0 Å². The molecule has 0 radical (unpaired) electrons. The number of morpholine rings is 1. The van der Waals surface area contributed by atoms with Crippen LogP contribution in [0.5, 0.6) is 0 Å². The maximum absolute atomic E-state index is 12.8. The van der Waals surface area contributed by atoms with Crippen molar-refractivity contribution >= 4 is 21.7 Å². The number of para-hydroxylation sites is 1. The van der Waals surface area contributed by atoms with Crippen molar-refractivity contribution in [1.29, 1.82) is 0 Å². The number of sulfonamides is 1. The first-order valence-electron chi connectivity index (χ1n) is 7.17. The normalized spacial score (nSPS) is 19.8. The van der Waals surface area contributed by atoms with Crippen LogP contribution in [0.3, 0.4) is 0 Å². The molecule has 1 N–H and O–H groups in total. The lowest BCUT2D eigenvalue weighted by atomic mass is 9.86. The molecule has 2 rings (SSSR count). The molecule has 1 aromatic rings. The number of carboxylic acids is 1. The van der Waals surface area contributed by atoms with E-state index in [4.69, 9.17) is 4.74 Å². The summed E-state index contributed by atoms with van der Waals surface area (Å²) < 4.78 is 32.0. The van der Waals surface area contributed by atoms with Crippen molar-refractivity contribution in [3.05, 3.63) is 34.4 Å². The number of carbonyl (C=O) groups is 1. The van der Waals surface area contributed by atoms with Gasteiger partial charge in [0.1, 0.15) is 0 Å². The molecule has 0 aromatic heterocycles. The lowest BCUT2D eigenvalue weighted by Gasteiger charge is -2.38. The van der Waals surface area contributed by atoms with Crippen LogP contribution in [0.1, 0.15) is 13.8 Å². The second-order valence-corrected chi connectivity index (χ2v) is 7.88. The maximum atomic E-state index is 12.8. The van der Waals surface area contributed by atoms with Crippen LogP contribution in [-0.2, 0) is 19.6 Å². The van der Waals surface area contributed by atoms with Gasteiger partial charge in [-0.25, -0.2) is 8.42 Å². The Balaban J connectivity index is 2.37. The van der Waals surface area contributed by atoms with E-state index in [1.165, 1.54) is 32.0 Å². The van der Waals surface area contributed by atoms with Gasteiger partial charge in [0.05, 0.1) is 23.0 Å². The number of nitrogens with zero attached hydrogens (tertiary/aromatic N) is 2. The zero-order valence-corrected chi connectivity index (χ0v) is 14.0. The quantitative estimate of drug-likeness (QED) is 0.616. The third kappa shape index (κ3) is 3.25. The van der Waals surface area contributed by atoms with E-state index in [0.717, 1.165) is 10.4 Å². The summed E-state index contributed by atoms with van der Waals surface area (Å²) in [5.41, 5.74) is -1.81. The van der Waals surface area contributed by atoms with E-state index in [1.807, 2.05) is 0 Å². The molecule has 1 aliphatic heterocycles. The minimum Gasteiger partial charge on any atom is -0.481 e. The Hall–Kier alpha value is -2.04. The van der Waals surface area contributed by atoms with Crippen molar-refractivity contribution in [2.45, 2.75) is 24.8 Å². The van der Waals surface area contributed by atoms with Gasteiger partial charge in [0.25, 0.3) is 5.69 Å². The molecular weight excluding hydrogens is 340 g/mol. The number of hydrogen-bond acceptors (Lipinski definition) is 6. The standard InChI is InChI=1S/C14H18N2O7S/c1-14(2,13(17)18)12-9-15(7-8-23-12)24(21,22)11-6-4-3-5-10(11)16(19)20/h3-6,12H,7-9H2,1-2H3,(H,17,18). The fraction of sp³-hybridized carbons (Fsp3) is 0.500. The smallest absolute Gasteiger partial charge is 0.311 e. The van der Waals surface area contributed by atoms with Gasteiger partial charge in [-0.1, -0.05) is 12.1 Å². The van der Waals surface area contributed by atoms with Crippen LogP contribution < -0.4 is 0 Å². The Kier molecular flexibility index (Phi) is 4.92. The van der Waals surface area contributed by atoms with Crippen LogP contribution in [0.15, 0.2) is 29.2 Å². The largest absolute Gasteiger partial charge is 0.481 e. The van der Waals surface area contributed by atoms with Crippen LogP contribution in [0.2, 0.25) is 0 Å². The summed E-state index contributed by atoms with van der Waals surface area (Å²) >= 11 is 0. The molecule has 24 heavy (non-hydrogen) atoms. The molecule has 0 bridgehead atoms. The molecule has 1 unspecified atom stereocenters. The van der Waals surface area contributed by atoms with Crippen LogP contribution in [-0.4, -0.2) is 54.5 Å². The van der Waals surface area contributed by atoms with E-state index in [-0.39, 0.29) is 19.7 Å². The first-order valence-corrected chi connectivity index (χ1v) is 8.61. The highest BCUT2D eigenvalue weighted by molar-refractivity contribution is 7.89. The lowest BCUT2D eigenvalue weighted by Crippen LogP contribution is -2.53. The van der Waals surface area contributed by atoms with Gasteiger partial charge in [-0.15, -0.1) is 0 Å². The topological polar surface area (TPSA) is 127 Å². The minimum absolute atomic E-state index is 0.000576. The molecule has 0 aliphatic carbocycles. The van der Waals surface area contributed by atoms with Crippen molar-refractivity contribution in [3.8, 4) is 0 Å². The Labute approximate surface area is 139 Å². The van der Waals surface area contributed by atoms with E-state index in [9.17, 15) is 28.4 Å². The zero-order valence-electron chi connectivity index (χ0n) is 13.2. The summed E-state index contributed by atoms with van der Waals surface area (Å²) in [6.45, 7) is 2.72. The third-order valence-corrected chi connectivity index (χ3v) is 5.98. The van der Waals surface area contributed by atoms with Gasteiger partial charge in [0, 0.05) is 19.2 Å². The highest BCUT2D eigenvalue weighted by Gasteiger charge is 2.44. The molecule has 1 saturated heterocycles. The van der Waals surface area contributed by atoms with Gasteiger partial charge in [0.15, 0.2) is 4.90 Å². The first-order chi connectivity index (χ1) is 11.1. The van der Waals surface area contributed by atoms with E-state index >= 15 is 0 Å². The van der Waals surface area contributed by atoms with Gasteiger partial charge in [-0.3, -0.25) is 14.9 Å². The van der Waals surface area contributed by atoms with Gasteiger partial charge < -0.3 is 9.84 Å². The molecule has 1 aliphatic rings. The summed E-state index contributed by atoms with van der Waals surface area (Å²) in [4.78, 5) is 21.3. The van der Waals surface area contributed by atoms with Crippen molar-refractivity contribution in [3.63, 3.8) is 0 Å². The number of nitro groups is 1. The summed E-state index contributed by atoms with van der Waals surface area (Å²) in [6, 6.07) is 5.07. The van der Waals surface area contributed by atoms with E-state index < -0.39 is 43.0 Å². The Morgan fingerprint density at radius 2 is 2.04 bits per heavy atom. The third-order valence-electron chi connectivity index (χ3n) is 4.07. The monoisotopic (exact) mass is 358 g/mol. The average molecular weight is 358 g/mol. The molecule has 1 atom stereocenters. The maximum Gasteiger partial charge on any atom is 0.311 e. The number of ether oxygens (including phenoxy) is 1. The molecule has 1 aromatic carbocycles. The number of nitro benzene ring substituents is 1. The number of hydrogen-bond donors (Lipinski definition) is 1. The molecule has 0 amide bonds. The lowest BCUT2D eigenvalue weighted by molar-refractivity contribution is -0.387. The van der Waals surface area contributed by atoms with E-state index in [0.29, 0.717) is 0 Å². The van der Waals surface area contributed by atoms with Crippen LogP contribution in [0.25, 0.3) is 0 Å². The summed E-state index contributed by atoms with van der Waals surface area (Å²) in [6.07, 6.45) is -0.860. The van der Waals surface area contributed by atoms with Gasteiger partial charge in [-0.05, 0) is 19.9 Å². The van der Waals surface area contributed by atoms with Crippen LogP contribution in [0, 0.1) is 15.5 Å². The van der Waals surface area contributed by atoms with E-state index in [1.54, 1.807) is 0 Å². The Morgan fingerprint density at radius 3 is 2.62 bits per heavy atom. The van der Waals surface area contributed by atoms with Crippen LogP contribution in [0.4, 0.5) is 5.69 Å². The van der Waals surface area contributed by atoms with Crippen molar-refractivity contribution < 1.29 is 28.0 Å². The highest BCUT2D eigenvalue weighted by atomic mass is 32.2. The second kappa shape index (κ2) is 6.46. The number of carboxylic acid groups (broad SMARTS) is 1. The van der Waals surface area contributed by atoms with Gasteiger partial charge in [-0.2, -0.15) is 4.31 Å². The van der Waals surface area contributed by atoms with Crippen molar-refractivity contribution in [1.82, 2.24) is 4.31 Å². The zero-order chi connectivity index (χ0) is 18.1.